The standard InChI is InChI=1S/Al.H4Si.Sr.Zn.5H/h;1H4;;;;;;;. The summed E-state index contributed by atoms with van der Waals surface area (Å²) in [5, 5.41) is 0. The van der Waals surface area contributed by atoms with Gasteiger partial charge in [-0.25, -0.2) is 0 Å². The molecule has 4 heteroatoms. The Morgan fingerprint density at radius 2 is 1.00 bits per heavy atom. The molecule has 0 amide bonds. The molecule has 0 atom stereocenters. The second kappa shape index (κ2) is 16.9. The molecule has 0 aliphatic rings. The summed E-state index contributed by atoms with van der Waals surface area (Å²) in [6, 6.07) is 0. The maximum atomic E-state index is 0. The molecule has 0 N–H and O–H groups in total. The van der Waals surface area contributed by atoms with Gasteiger partial charge in [0, 0.05) is 19.5 Å². The molecule has 0 aromatic carbocycles. The van der Waals surface area contributed by atoms with E-state index in [4.69, 9.17) is 0 Å². The Bertz CT molecular complexity index is 8.00. The summed E-state index contributed by atoms with van der Waals surface area (Å²) >= 11 is 0. The minimum absolute atomic E-state index is 0. The van der Waals surface area contributed by atoms with Gasteiger partial charge in [-0.1, -0.05) is 0 Å². The minimum Gasteiger partial charge on any atom is 0 e. The molecule has 0 rings (SSSR count). The van der Waals surface area contributed by atoms with Crippen molar-refractivity contribution in [3.8, 4) is 0 Å². The van der Waals surface area contributed by atoms with Gasteiger partial charge >= 0.3 is 45.5 Å². The van der Waals surface area contributed by atoms with E-state index in [-0.39, 0.29) is 93.3 Å². The van der Waals surface area contributed by atoms with E-state index in [1.807, 2.05) is 0 Å². The predicted molar refractivity (Wildman–Crippen MR) is 29.8 cm³/mol. The third kappa shape index (κ3) is 8.85. The SMILES string of the molecule is [AlH3].[SiH4].[SrH2].[Zn]. The van der Waals surface area contributed by atoms with Crippen molar-refractivity contribution < 1.29 is 19.5 Å². The van der Waals surface area contributed by atoms with Crippen LogP contribution in [0.2, 0.25) is 0 Å². The van der Waals surface area contributed by atoms with E-state index in [2.05, 4.69) is 0 Å². The molecular weight excluding hydrogens is 208 g/mol. The van der Waals surface area contributed by atoms with Gasteiger partial charge in [0.1, 0.15) is 0 Å². The molecule has 0 fully saturated rings. The number of rotatable bonds is 0. The monoisotopic (exact) mass is 216 g/mol. The van der Waals surface area contributed by atoms with Gasteiger partial charge in [-0.3, -0.25) is 0 Å². The molecular formula is H9AlSiSrZn. The van der Waals surface area contributed by atoms with Crippen molar-refractivity contribution in [3.63, 3.8) is 0 Å². The van der Waals surface area contributed by atoms with Crippen LogP contribution in [-0.4, -0.2) is 73.8 Å². The minimum atomic E-state index is 0. The van der Waals surface area contributed by atoms with Crippen LogP contribution in [0.3, 0.4) is 0 Å². The van der Waals surface area contributed by atoms with Crippen LogP contribution in [0.15, 0.2) is 0 Å². The van der Waals surface area contributed by atoms with Crippen LogP contribution in [0, 0.1) is 0 Å². The third-order valence-electron chi connectivity index (χ3n) is 0. The average molecular weight is 217 g/mol. The Hall–Kier alpha value is 2.85. The van der Waals surface area contributed by atoms with Crippen molar-refractivity contribution >= 4 is 73.8 Å². The average Bonchev–Trinajstić information content (AvgIpc) is 0. The molecule has 0 spiro atoms. The van der Waals surface area contributed by atoms with Crippen LogP contribution in [0.4, 0.5) is 0 Å². The first kappa shape index (κ1) is 28.8. The molecule has 4 heavy (non-hydrogen) atoms. The summed E-state index contributed by atoms with van der Waals surface area (Å²) < 4.78 is 0. The third-order valence-corrected chi connectivity index (χ3v) is 0. The first-order chi connectivity index (χ1) is 0. The first-order valence-electron chi connectivity index (χ1n) is 0. The summed E-state index contributed by atoms with van der Waals surface area (Å²) in [7, 11) is 0. The Kier molecular flexibility index (Phi) is 122. The van der Waals surface area contributed by atoms with Gasteiger partial charge in [0.2, 0.25) is 0 Å². The summed E-state index contributed by atoms with van der Waals surface area (Å²) in [6.07, 6.45) is 0. The fraction of sp³-hybridized carbons (Fsp3) is 0. The van der Waals surface area contributed by atoms with E-state index in [0.717, 1.165) is 0 Å². The van der Waals surface area contributed by atoms with Gasteiger partial charge < -0.3 is 0 Å². The molecule has 0 saturated carbocycles. The normalized spacial score (nSPS) is 0. The topological polar surface area (TPSA) is 0 Å². The van der Waals surface area contributed by atoms with Gasteiger partial charge in [0.25, 0.3) is 0 Å². The zero-order valence-corrected chi connectivity index (χ0v) is 3.67. The van der Waals surface area contributed by atoms with E-state index in [1.54, 1.807) is 0 Å². The van der Waals surface area contributed by atoms with Crippen molar-refractivity contribution in [2.24, 2.45) is 0 Å². The summed E-state index contributed by atoms with van der Waals surface area (Å²) in [5.74, 6) is 0. The second-order valence-electron chi connectivity index (χ2n) is 0. The van der Waals surface area contributed by atoms with Gasteiger partial charge in [0.15, 0.2) is 17.4 Å². The van der Waals surface area contributed by atoms with Crippen LogP contribution < -0.4 is 0 Å². The summed E-state index contributed by atoms with van der Waals surface area (Å²) in [6.45, 7) is 0. The van der Waals surface area contributed by atoms with Crippen molar-refractivity contribution in [2.75, 3.05) is 0 Å². The molecule has 0 heterocycles. The van der Waals surface area contributed by atoms with Crippen molar-refractivity contribution in [1.82, 2.24) is 0 Å². The zero-order chi connectivity index (χ0) is 0. The van der Waals surface area contributed by atoms with Crippen LogP contribution >= 0.6 is 0 Å². The Morgan fingerprint density at radius 3 is 1.00 bits per heavy atom. The first-order valence-corrected chi connectivity index (χ1v) is 0. The fourth-order valence-electron chi connectivity index (χ4n) is 0. The largest absolute Gasteiger partial charge is 0 e. The van der Waals surface area contributed by atoms with Crippen LogP contribution in [0.25, 0.3) is 0 Å². The molecule has 20 valence electrons. The zero-order valence-electron chi connectivity index (χ0n) is 0.707. The molecule has 0 aromatic heterocycles. The summed E-state index contributed by atoms with van der Waals surface area (Å²) in [4.78, 5) is 0. The predicted octanol–water partition coefficient (Wildman–Crippen LogP) is -3.55. The molecule has 0 aliphatic carbocycles. The van der Waals surface area contributed by atoms with E-state index >= 15 is 0 Å². The molecule has 0 aliphatic heterocycles. The van der Waals surface area contributed by atoms with Crippen molar-refractivity contribution in [1.29, 1.82) is 0 Å². The summed E-state index contributed by atoms with van der Waals surface area (Å²) in [5.41, 5.74) is 0. The van der Waals surface area contributed by atoms with E-state index in [1.165, 1.54) is 0 Å². The number of hydrogen-bond acceptors (Lipinski definition) is 0. The number of hydrogen-bond donors (Lipinski definition) is 0. The van der Waals surface area contributed by atoms with E-state index in [0.29, 0.717) is 0 Å². The van der Waals surface area contributed by atoms with Gasteiger partial charge in [0.05, 0.1) is 0 Å². The van der Waals surface area contributed by atoms with Crippen molar-refractivity contribution in [3.05, 3.63) is 0 Å². The van der Waals surface area contributed by atoms with Crippen LogP contribution in [0.1, 0.15) is 0 Å². The maximum absolute atomic E-state index is 0. The maximum Gasteiger partial charge on any atom is 0 e. The fourth-order valence-corrected chi connectivity index (χ4v) is 0. The van der Waals surface area contributed by atoms with Gasteiger partial charge in [-0.05, 0) is 11.0 Å². The molecule has 0 radical (unpaired) electrons. The molecule has 0 bridgehead atoms. The molecule has 0 unspecified atom stereocenters. The smallest absolute Gasteiger partial charge is 0 e. The van der Waals surface area contributed by atoms with Gasteiger partial charge in [-0.2, -0.15) is 0 Å². The van der Waals surface area contributed by atoms with Crippen LogP contribution in [-0.2, 0) is 19.5 Å². The van der Waals surface area contributed by atoms with E-state index in [9.17, 15) is 0 Å². The molecule has 0 saturated heterocycles. The molecule has 0 aromatic rings. The van der Waals surface area contributed by atoms with E-state index < -0.39 is 0 Å². The Morgan fingerprint density at radius 1 is 1.00 bits per heavy atom. The van der Waals surface area contributed by atoms with Crippen LogP contribution in [0.5, 0.6) is 0 Å². The Labute approximate surface area is 91.3 Å². The van der Waals surface area contributed by atoms with Crippen molar-refractivity contribution in [2.45, 2.75) is 0 Å². The second-order valence-corrected chi connectivity index (χ2v) is 0. The quantitative estimate of drug-likeness (QED) is 0.368. The van der Waals surface area contributed by atoms with Gasteiger partial charge in [-0.15, -0.1) is 0 Å². The Balaban J connectivity index is 0. The molecule has 0 nitrogen and oxygen atoms in total.